The van der Waals surface area contributed by atoms with Gasteiger partial charge in [-0.1, -0.05) is 41.5 Å². The van der Waals surface area contributed by atoms with Crippen molar-refractivity contribution in [2.24, 2.45) is 5.92 Å². The van der Waals surface area contributed by atoms with E-state index in [-0.39, 0.29) is 5.41 Å². The van der Waals surface area contributed by atoms with Crippen LogP contribution in [0.2, 0.25) is 0 Å². The zero-order valence-electron chi connectivity index (χ0n) is 12.9. The fourth-order valence-corrected chi connectivity index (χ4v) is 2.19. The molecule has 1 heterocycles. The Kier molecular flexibility index (Phi) is 4.46. The lowest BCUT2D eigenvalue weighted by Crippen LogP contribution is -2.20. The van der Waals surface area contributed by atoms with Crippen LogP contribution in [0, 0.1) is 5.92 Å². The molecule has 1 atom stereocenters. The molecule has 0 aliphatic heterocycles. The van der Waals surface area contributed by atoms with Crippen LogP contribution in [-0.2, 0) is 11.8 Å². The van der Waals surface area contributed by atoms with Gasteiger partial charge < -0.3 is 5.11 Å². The van der Waals surface area contributed by atoms with Crippen LogP contribution in [-0.4, -0.2) is 14.9 Å². The van der Waals surface area contributed by atoms with Crippen LogP contribution in [0.15, 0.2) is 0 Å². The summed E-state index contributed by atoms with van der Waals surface area (Å²) in [4.78, 5) is 0. The van der Waals surface area contributed by atoms with Crippen molar-refractivity contribution in [3.8, 4) is 5.75 Å². The molecule has 18 heavy (non-hydrogen) atoms. The van der Waals surface area contributed by atoms with Gasteiger partial charge in [0.2, 0.25) is 0 Å². The highest BCUT2D eigenvalue weighted by Gasteiger charge is 2.28. The molecule has 0 saturated carbocycles. The van der Waals surface area contributed by atoms with E-state index in [1.54, 1.807) is 0 Å². The summed E-state index contributed by atoms with van der Waals surface area (Å²) in [6, 6.07) is 0.325. The zero-order chi connectivity index (χ0) is 14.1. The van der Waals surface area contributed by atoms with Crippen molar-refractivity contribution in [1.29, 1.82) is 0 Å². The van der Waals surface area contributed by atoms with Crippen molar-refractivity contribution >= 4 is 0 Å². The van der Waals surface area contributed by atoms with Crippen molar-refractivity contribution in [3.05, 3.63) is 11.4 Å². The zero-order valence-corrected chi connectivity index (χ0v) is 12.9. The van der Waals surface area contributed by atoms with Gasteiger partial charge in [-0.3, -0.25) is 4.68 Å². The first-order valence-electron chi connectivity index (χ1n) is 6.99. The molecule has 1 rings (SSSR count). The van der Waals surface area contributed by atoms with Crippen LogP contribution in [0.4, 0.5) is 0 Å². The molecule has 0 radical (unpaired) electrons. The third-order valence-corrected chi connectivity index (χ3v) is 3.28. The molecule has 0 fully saturated rings. The molecule has 0 bridgehead atoms. The number of nitrogens with zero attached hydrogens (tertiary/aromatic N) is 2. The third-order valence-electron chi connectivity index (χ3n) is 3.28. The van der Waals surface area contributed by atoms with E-state index in [9.17, 15) is 5.11 Å². The monoisotopic (exact) mass is 252 g/mol. The Morgan fingerprint density at radius 1 is 1.22 bits per heavy atom. The summed E-state index contributed by atoms with van der Waals surface area (Å²) in [5.74, 6) is 0.903. The van der Waals surface area contributed by atoms with Crippen LogP contribution in [0.3, 0.4) is 0 Å². The molecule has 0 aliphatic carbocycles. The largest absolute Gasteiger partial charge is 0.504 e. The average molecular weight is 252 g/mol. The standard InChI is InChI=1S/C15H28N2O/c1-8-11(4)17-14(15(5,6)7)13(18)12(16-17)9-10(2)3/h10-11,18H,8-9H2,1-7H3. The van der Waals surface area contributed by atoms with Gasteiger partial charge in [-0.2, -0.15) is 5.10 Å². The normalized spacial score (nSPS) is 14.2. The molecule has 0 spiro atoms. The molecule has 0 aliphatic rings. The molecule has 0 amide bonds. The second-order valence-electron chi connectivity index (χ2n) is 6.69. The van der Waals surface area contributed by atoms with Gasteiger partial charge in [0, 0.05) is 11.5 Å². The van der Waals surface area contributed by atoms with E-state index in [4.69, 9.17) is 0 Å². The van der Waals surface area contributed by atoms with Gasteiger partial charge in [-0.25, -0.2) is 0 Å². The maximum absolute atomic E-state index is 10.5. The van der Waals surface area contributed by atoms with Gasteiger partial charge in [-0.05, 0) is 25.7 Å². The van der Waals surface area contributed by atoms with Crippen molar-refractivity contribution in [2.45, 2.75) is 72.8 Å². The first kappa shape index (κ1) is 15.1. The Morgan fingerprint density at radius 3 is 2.17 bits per heavy atom. The molecule has 3 heteroatoms. The van der Waals surface area contributed by atoms with Crippen LogP contribution < -0.4 is 0 Å². The van der Waals surface area contributed by atoms with Gasteiger partial charge in [-0.15, -0.1) is 0 Å². The predicted molar refractivity (Wildman–Crippen MR) is 76.1 cm³/mol. The van der Waals surface area contributed by atoms with E-state index in [1.807, 2.05) is 4.68 Å². The topological polar surface area (TPSA) is 38.0 Å². The summed E-state index contributed by atoms with van der Waals surface area (Å²) in [5, 5.41) is 15.1. The van der Waals surface area contributed by atoms with Gasteiger partial charge in [0.25, 0.3) is 0 Å². The molecule has 1 N–H and O–H groups in total. The maximum atomic E-state index is 10.5. The van der Waals surface area contributed by atoms with Gasteiger partial charge in [0.1, 0.15) is 5.69 Å². The molecule has 104 valence electrons. The minimum atomic E-state index is -0.0876. The minimum absolute atomic E-state index is 0.0876. The first-order chi connectivity index (χ1) is 8.18. The van der Waals surface area contributed by atoms with E-state index in [2.05, 4.69) is 53.6 Å². The summed E-state index contributed by atoms with van der Waals surface area (Å²) >= 11 is 0. The highest BCUT2D eigenvalue weighted by Crippen LogP contribution is 2.36. The SMILES string of the molecule is CCC(C)n1nc(CC(C)C)c(O)c1C(C)(C)C. The number of hydrogen-bond acceptors (Lipinski definition) is 2. The van der Waals surface area contributed by atoms with E-state index in [1.165, 1.54) is 0 Å². The number of hydrogen-bond donors (Lipinski definition) is 1. The van der Waals surface area contributed by atoms with Crippen molar-refractivity contribution in [2.75, 3.05) is 0 Å². The Bertz CT molecular complexity index is 399. The number of aromatic hydroxyl groups is 1. The quantitative estimate of drug-likeness (QED) is 0.877. The maximum Gasteiger partial charge on any atom is 0.160 e. The molecular weight excluding hydrogens is 224 g/mol. The molecule has 1 aromatic heterocycles. The molecule has 1 aromatic rings. The van der Waals surface area contributed by atoms with Crippen molar-refractivity contribution in [1.82, 2.24) is 9.78 Å². The lowest BCUT2D eigenvalue weighted by molar-refractivity contribution is 0.392. The Labute approximate surface area is 111 Å². The van der Waals surface area contributed by atoms with Crippen LogP contribution >= 0.6 is 0 Å². The van der Waals surface area contributed by atoms with Crippen LogP contribution in [0.1, 0.15) is 72.3 Å². The Balaban J connectivity index is 3.32. The molecule has 3 nitrogen and oxygen atoms in total. The fraction of sp³-hybridized carbons (Fsp3) is 0.800. The third kappa shape index (κ3) is 3.06. The summed E-state index contributed by atoms with van der Waals surface area (Å²) in [6.07, 6.45) is 1.85. The summed E-state index contributed by atoms with van der Waals surface area (Å²) in [7, 11) is 0. The molecule has 0 aromatic carbocycles. The second-order valence-corrected chi connectivity index (χ2v) is 6.69. The Morgan fingerprint density at radius 2 is 1.78 bits per heavy atom. The van der Waals surface area contributed by atoms with E-state index in [0.29, 0.717) is 17.7 Å². The highest BCUT2D eigenvalue weighted by molar-refractivity contribution is 5.37. The van der Waals surface area contributed by atoms with Crippen molar-refractivity contribution < 1.29 is 5.11 Å². The van der Waals surface area contributed by atoms with Crippen LogP contribution in [0.25, 0.3) is 0 Å². The van der Waals surface area contributed by atoms with Gasteiger partial charge >= 0.3 is 0 Å². The average Bonchev–Trinajstić information content (AvgIpc) is 2.53. The van der Waals surface area contributed by atoms with Gasteiger partial charge in [0.05, 0.1) is 5.69 Å². The summed E-state index contributed by atoms with van der Waals surface area (Å²) in [6.45, 7) is 15.0. The summed E-state index contributed by atoms with van der Waals surface area (Å²) < 4.78 is 2.02. The van der Waals surface area contributed by atoms with Gasteiger partial charge in [0.15, 0.2) is 5.75 Å². The number of aromatic nitrogens is 2. The second kappa shape index (κ2) is 5.33. The minimum Gasteiger partial charge on any atom is -0.504 e. The Hall–Kier alpha value is -0.990. The molecule has 1 unspecified atom stereocenters. The molecular formula is C15H28N2O. The lowest BCUT2D eigenvalue weighted by Gasteiger charge is -2.23. The number of rotatable bonds is 4. The van der Waals surface area contributed by atoms with E-state index >= 15 is 0 Å². The lowest BCUT2D eigenvalue weighted by atomic mass is 9.90. The fourth-order valence-electron chi connectivity index (χ4n) is 2.19. The van der Waals surface area contributed by atoms with Crippen LogP contribution in [0.5, 0.6) is 5.75 Å². The predicted octanol–water partition coefficient (Wildman–Crippen LogP) is 4.06. The highest BCUT2D eigenvalue weighted by atomic mass is 16.3. The summed E-state index contributed by atoms with van der Waals surface area (Å²) in [5.41, 5.74) is 1.72. The van der Waals surface area contributed by atoms with E-state index in [0.717, 1.165) is 24.2 Å². The van der Waals surface area contributed by atoms with Crippen molar-refractivity contribution in [3.63, 3.8) is 0 Å². The first-order valence-corrected chi connectivity index (χ1v) is 6.99. The molecule has 0 saturated heterocycles. The smallest absolute Gasteiger partial charge is 0.160 e. The van der Waals surface area contributed by atoms with E-state index < -0.39 is 0 Å².